The van der Waals surface area contributed by atoms with Crippen molar-refractivity contribution in [3.63, 3.8) is 0 Å². The van der Waals surface area contributed by atoms with Crippen LogP contribution in [0.15, 0.2) is 24.3 Å². The molecule has 1 unspecified atom stereocenters. The van der Waals surface area contributed by atoms with Gasteiger partial charge in [0.15, 0.2) is 0 Å². The topological polar surface area (TPSA) is 64.7 Å². The summed E-state index contributed by atoms with van der Waals surface area (Å²) in [5, 5.41) is 5.83. The van der Waals surface area contributed by atoms with Crippen molar-refractivity contribution in [3.05, 3.63) is 29.3 Å². The van der Waals surface area contributed by atoms with Crippen LogP contribution in [0.1, 0.15) is 6.92 Å². The number of anilines is 1. The quantitative estimate of drug-likeness (QED) is 0.783. The van der Waals surface area contributed by atoms with E-state index in [-0.39, 0.29) is 0 Å². The van der Waals surface area contributed by atoms with Gasteiger partial charge >= 0.3 is 11.8 Å². The van der Waals surface area contributed by atoms with E-state index in [4.69, 9.17) is 11.6 Å². The van der Waals surface area contributed by atoms with Gasteiger partial charge in [0.05, 0.1) is 0 Å². The average molecular weight is 353 g/mol. The van der Waals surface area contributed by atoms with Crippen molar-refractivity contribution in [2.24, 2.45) is 5.92 Å². The van der Waals surface area contributed by atoms with Crippen molar-refractivity contribution in [3.8, 4) is 0 Å². The number of nitrogens with one attached hydrogen (secondary N) is 2. The third-order valence-electron chi connectivity index (χ3n) is 4.09. The van der Waals surface area contributed by atoms with Crippen molar-refractivity contribution >= 4 is 29.1 Å². The minimum Gasteiger partial charge on any atom is -0.348 e. The van der Waals surface area contributed by atoms with Gasteiger partial charge in [0.25, 0.3) is 0 Å². The molecule has 1 aliphatic rings. The van der Waals surface area contributed by atoms with Crippen LogP contribution in [-0.2, 0) is 9.59 Å². The first-order valence-electron chi connectivity index (χ1n) is 8.19. The van der Waals surface area contributed by atoms with Gasteiger partial charge in [-0.25, -0.2) is 0 Å². The second-order valence-corrected chi connectivity index (χ2v) is 6.82. The van der Waals surface area contributed by atoms with Gasteiger partial charge < -0.3 is 20.4 Å². The Hall–Kier alpha value is -1.63. The lowest BCUT2D eigenvalue weighted by molar-refractivity contribution is -0.136. The number of carbonyl (C=O) groups is 2. The minimum absolute atomic E-state index is 0.292. The average Bonchev–Trinajstić information content (AvgIpc) is 2.57. The maximum atomic E-state index is 11.9. The lowest BCUT2D eigenvalue weighted by Crippen LogP contribution is -2.47. The van der Waals surface area contributed by atoms with Crippen LogP contribution in [0.4, 0.5) is 5.69 Å². The summed E-state index contributed by atoms with van der Waals surface area (Å²) in [5.74, 6) is -0.986. The van der Waals surface area contributed by atoms with Crippen LogP contribution >= 0.6 is 11.6 Å². The van der Waals surface area contributed by atoms with Crippen LogP contribution in [0.5, 0.6) is 0 Å². The van der Waals surface area contributed by atoms with Crippen LogP contribution in [0.3, 0.4) is 0 Å². The van der Waals surface area contributed by atoms with E-state index >= 15 is 0 Å². The Labute approximate surface area is 148 Å². The molecule has 1 atom stereocenters. The van der Waals surface area contributed by atoms with Gasteiger partial charge in [0, 0.05) is 50.0 Å². The largest absolute Gasteiger partial charge is 0.348 e. The van der Waals surface area contributed by atoms with Gasteiger partial charge in [-0.2, -0.15) is 0 Å². The number of hydrogen-bond acceptors (Lipinski definition) is 4. The fraction of sp³-hybridized carbons (Fsp3) is 0.529. The van der Waals surface area contributed by atoms with Gasteiger partial charge in [0.1, 0.15) is 0 Å². The Morgan fingerprint density at radius 1 is 1.12 bits per heavy atom. The Morgan fingerprint density at radius 2 is 1.75 bits per heavy atom. The third kappa shape index (κ3) is 6.11. The Balaban J connectivity index is 1.69. The SMILES string of the molecule is CC(CNC(=O)C(=O)Nc1ccc(Cl)cc1)CN1CCN(C)CC1. The predicted octanol–water partition coefficient (Wildman–Crippen LogP) is 1.28. The molecule has 0 saturated carbocycles. The van der Waals surface area contributed by atoms with Crippen LogP contribution < -0.4 is 10.6 Å². The summed E-state index contributed by atoms with van der Waals surface area (Å²) < 4.78 is 0. The van der Waals surface area contributed by atoms with E-state index in [1.807, 2.05) is 0 Å². The van der Waals surface area contributed by atoms with Gasteiger partial charge in [-0.05, 0) is 37.2 Å². The molecule has 0 bridgehead atoms. The van der Waals surface area contributed by atoms with E-state index in [1.54, 1.807) is 24.3 Å². The number of rotatable bonds is 5. The van der Waals surface area contributed by atoms with Crippen molar-refractivity contribution in [1.29, 1.82) is 0 Å². The summed E-state index contributed by atoms with van der Waals surface area (Å²) >= 11 is 5.78. The second kappa shape index (κ2) is 9.01. The number of halogens is 1. The van der Waals surface area contributed by atoms with E-state index in [0.717, 1.165) is 32.7 Å². The van der Waals surface area contributed by atoms with E-state index < -0.39 is 11.8 Å². The molecule has 132 valence electrons. The van der Waals surface area contributed by atoms with Gasteiger partial charge in [-0.1, -0.05) is 18.5 Å². The molecular weight excluding hydrogens is 328 g/mol. The molecule has 1 aromatic carbocycles. The first-order chi connectivity index (χ1) is 11.4. The first-order valence-corrected chi connectivity index (χ1v) is 8.57. The van der Waals surface area contributed by atoms with E-state index in [1.165, 1.54) is 0 Å². The van der Waals surface area contributed by atoms with Gasteiger partial charge in [-0.3, -0.25) is 9.59 Å². The molecule has 2 amide bonds. The highest BCUT2D eigenvalue weighted by atomic mass is 35.5. The second-order valence-electron chi connectivity index (χ2n) is 6.38. The molecular formula is C17H25ClN4O2. The number of hydrogen-bond donors (Lipinski definition) is 2. The predicted molar refractivity (Wildman–Crippen MR) is 96.2 cm³/mol. The van der Waals surface area contributed by atoms with Gasteiger partial charge in [0.2, 0.25) is 0 Å². The summed E-state index contributed by atoms with van der Waals surface area (Å²) in [5.41, 5.74) is 0.546. The van der Waals surface area contributed by atoms with Crippen LogP contribution in [-0.4, -0.2) is 67.9 Å². The lowest BCUT2D eigenvalue weighted by atomic mass is 10.1. The van der Waals surface area contributed by atoms with Crippen molar-refractivity contribution in [1.82, 2.24) is 15.1 Å². The number of nitrogens with zero attached hydrogens (tertiary/aromatic N) is 2. The summed E-state index contributed by atoms with van der Waals surface area (Å²) in [7, 11) is 2.13. The van der Waals surface area contributed by atoms with Crippen molar-refractivity contribution in [2.75, 3.05) is 51.6 Å². The van der Waals surface area contributed by atoms with Gasteiger partial charge in [-0.15, -0.1) is 0 Å². The fourth-order valence-electron chi connectivity index (χ4n) is 2.60. The Bertz CT molecular complexity index is 556. The zero-order chi connectivity index (χ0) is 17.5. The van der Waals surface area contributed by atoms with Crippen LogP contribution in [0.25, 0.3) is 0 Å². The number of carbonyl (C=O) groups excluding carboxylic acids is 2. The van der Waals surface area contributed by atoms with E-state index in [0.29, 0.717) is 23.2 Å². The molecule has 0 spiro atoms. The number of likely N-dealkylation sites (N-methyl/N-ethyl adjacent to an activating group) is 1. The highest BCUT2D eigenvalue weighted by Gasteiger charge is 2.18. The van der Waals surface area contributed by atoms with Crippen LogP contribution in [0.2, 0.25) is 5.02 Å². The zero-order valence-corrected chi connectivity index (χ0v) is 15.0. The Kier molecular flexibility index (Phi) is 7.02. The van der Waals surface area contributed by atoms with E-state index in [2.05, 4.69) is 34.4 Å². The highest BCUT2D eigenvalue weighted by Crippen LogP contribution is 2.13. The molecule has 1 fully saturated rings. The number of piperazine rings is 1. The third-order valence-corrected chi connectivity index (χ3v) is 4.34. The standard InChI is InChI=1S/C17H25ClN4O2/c1-13(12-22-9-7-21(2)8-10-22)11-19-16(23)17(24)20-15-5-3-14(18)4-6-15/h3-6,13H,7-12H2,1-2H3,(H,19,23)(H,20,24). The molecule has 7 heteroatoms. The number of amides is 2. The molecule has 6 nitrogen and oxygen atoms in total. The maximum Gasteiger partial charge on any atom is 0.313 e. The summed E-state index contributed by atoms with van der Waals surface area (Å²) in [6.45, 7) is 7.73. The fourth-order valence-corrected chi connectivity index (χ4v) is 2.73. The highest BCUT2D eigenvalue weighted by molar-refractivity contribution is 6.39. The molecule has 1 saturated heterocycles. The van der Waals surface area contributed by atoms with Crippen molar-refractivity contribution < 1.29 is 9.59 Å². The molecule has 0 aliphatic carbocycles. The molecule has 1 aliphatic heterocycles. The summed E-state index contributed by atoms with van der Waals surface area (Å²) in [6.07, 6.45) is 0. The molecule has 2 rings (SSSR count). The molecule has 1 aromatic rings. The smallest absolute Gasteiger partial charge is 0.313 e. The molecule has 24 heavy (non-hydrogen) atoms. The minimum atomic E-state index is -0.663. The number of benzene rings is 1. The Morgan fingerprint density at radius 3 is 2.38 bits per heavy atom. The van der Waals surface area contributed by atoms with E-state index in [9.17, 15) is 9.59 Å². The lowest BCUT2D eigenvalue weighted by Gasteiger charge is -2.33. The zero-order valence-electron chi connectivity index (χ0n) is 14.2. The molecule has 2 N–H and O–H groups in total. The first kappa shape index (κ1) is 18.7. The van der Waals surface area contributed by atoms with Crippen LogP contribution in [0, 0.1) is 5.92 Å². The maximum absolute atomic E-state index is 11.9. The molecule has 1 heterocycles. The monoisotopic (exact) mass is 352 g/mol. The summed E-state index contributed by atoms with van der Waals surface area (Å²) in [4.78, 5) is 28.5. The summed E-state index contributed by atoms with van der Waals surface area (Å²) in [6, 6.07) is 6.63. The molecule has 0 radical (unpaired) electrons. The van der Waals surface area contributed by atoms with Crippen molar-refractivity contribution in [2.45, 2.75) is 6.92 Å². The molecule has 0 aromatic heterocycles. The normalized spacial score (nSPS) is 17.3.